The van der Waals surface area contributed by atoms with Crippen molar-refractivity contribution in [3.05, 3.63) is 65.2 Å². The fraction of sp³-hybridized carbons (Fsp3) is 0.448. The molecule has 7 heteroatoms. The van der Waals surface area contributed by atoms with Crippen molar-refractivity contribution in [1.29, 1.82) is 0 Å². The normalized spacial score (nSPS) is 17.1. The van der Waals surface area contributed by atoms with Crippen LogP contribution in [0.2, 0.25) is 0 Å². The topological polar surface area (TPSA) is 79.3 Å². The molecule has 2 aromatic rings. The monoisotopic (exact) mass is 494 g/mol. The highest BCUT2D eigenvalue weighted by atomic mass is 16.5. The Bertz CT molecular complexity index is 1060. The van der Waals surface area contributed by atoms with E-state index in [0.717, 1.165) is 37.2 Å². The Balaban J connectivity index is 2.03. The SMILES string of the molecule is CCCCOc1ccc(C2/C(=C(\O)c3cccc(OCC)c3)C(=O)C(=O)N2CCN(CC)CC)cc1. The zero-order chi connectivity index (χ0) is 26.1. The van der Waals surface area contributed by atoms with Crippen LogP contribution in [-0.2, 0) is 9.59 Å². The van der Waals surface area contributed by atoms with Crippen molar-refractivity contribution in [2.45, 2.75) is 46.6 Å². The van der Waals surface area contributed by atoms with Crippen molar-refractivity contribution in [3.63, 3.8) is 0 Å². The lowest BCUT2D eigenvalue weighted by molar-refractivity contribution is -0.140. The lowest BCUT2D eigenvalue weighted by Crippen LogP contribution is -2.38. The molecule has 7 nitrogen and oxygen atoms in total. The fourth-order valence-corrected chi connectivity index (χ4v) is 4.38. The average molecular weight is 495 g/mol. The van der Waals surface area contributed by atoms with E-state index in [1.165, 1.54) is 0 Å². The predicted molar refractivity (Wildman–Crippen MR) is 141 cm³/mol. The Morgan fingerprint density at radius 3 is 2.33 bits per heavy atom. The summed E-state index contributed by atoms with van der Waals surface area (Å²) < 4.78 is 11.4. The number of carbonyl (C=O) groups is 2. The third-order valence-corrected chi connectivity index (χ3v) is 6.47. The molecule has 1 heterocycles. The molecule has 1 atom stereocenters. The summed E-state index contributed by atoms with van der Waals surface area (Å²) in [7, 11) is 0. The first-order valence-electron chi connectivity index (χ1n) is 12.9. The van der Waals surface area contributed by atoms with Gasteiger partial charge in [0.25, 0.3) is 11.7 Å². The molecule has 194 valence electrons. The van der Waals surface area contributed by atoms with E-state index in [0.29, 0.717) is 37.6 Å². The molecule has 1 aliphatic heterocycles. The van der Waals surface area contributed by atoms with Crippen LogP contribution < -0.4 is 9.47 Å². The molecular formula is C29H38N2O5. The van der Waals surface area contributed by atoms with Gasteiger partial charge in [-0.05, 0) is 56.3 Å². The largest absolute Gasteiger partial charge is 0.507 e. The smallest absolute Gasteiger partial charge is 0.295 e. The number of likely N-dealkylation sites (N-methyl/N-ethyl adjacent to an activating group) is 1. The van der Waals surface area contributed by atoms with Gasteiger partial charge in [0.2, 0.25) is 0 Å². The molecule has 1 unspecified atom stereocenters. The number of hydrogen-bond donors (Lipinski definition) is 1. The number of ether oxygens (including phenoxy) is 2. The maximum atomic E-state index is 13.3. The molecule has 1 amide bonds. The van der Waals surface area contributed by atoms with Gasteiger partial charge < -0.3 is 24.4 Å². The van der Waals surface area contributed by atoms with Gasteiger partial charge in [-0.25, -0.2) is 0 Å². The molecule has 0 bridgehead atoms. The molecule has 1 N–H and O–H groups in total. The van der Waals surface area contributed by atoms with Crippen LogP contribution in [0.3, 0.4) is 0 Å². The number of likely N-dealkylation sites (tertiary alicyclic amines) is 1. The second-order valence-electron chi connectivity index (χ2n) is 8.75. The summed E-state index contributed by atoms with van der Waals surface area (Å²) in [6, 6.07) is 13.7. The molecule has 0 saturated carbocycles. The molecule has 1 aliphatic rings. The third kappa shape index (κ3) is 6.26. The van der Waals surface area contributed by atoms with E-state index >= 15 is 0 Å². The first-order chi connectivity index (χ1) is 17.4. The minimum absolute atomic E-state index is 0.0906. The summed E-state index contributed by atoms with van der Waals surface area (Å²) in [6.45, 7) is 11.9. The van der Waals surface area contributed by atoms with Crippen LogP contribution in [0.4, 0.5) is 0 Å². The number of unbranched alkanes of at least 4 members (excludes halogenated alkanes) is 1. The third-order valence-electron chi connectivity index (χ3n) is 6.47. The molecule has 1 saturated heterocycles. The Morgan fingerprint density at radius 2 is 1.69 bits per heavy atom. The van der Waals surface area contributed by atoms with E-state index in [1.807, 2.05) is 31.2 Å². The summed E-state index contributed by atoms with van der Waals surface area (Å²) in [4.78, 5) is 30.2. The van der Waals surface area contributed by atoms with Gasteiger partial charge in [-0.1, -0.05) is 51.5 Å². The van der Waals surface area contributed by atoms with E-state index in [2.05, 4.69) is 25.7 Å². The number of amides is 1. The number of nitrogens with zero attached hydrogens (tertiary/aromatic N) is 2. The molecule has 36 heavy (non-hydrogen) atoms. The summed E-state index contributed by atoms with van der Waals surface area (Å²) in [5.41, 5.74) is 1.28. The fourth-order valence-electron chi connectivity index (χ4n) is 4.38. The Morgan fingerprint density at radius 1 is 0.972 bits per heavy atom. The number of rotatable bonds is 13. The number of aliphatic hydroxyl groups is 1. The van der Waals surface area contributed by atoms with Crippen molar-refractivity contribution in [1.82, 2.24) is 9.80 Å². The highest BCUT2D eigenvalue weighted by Crippen LogP contribution is 2.40. The standard InChI is InChI=1S/C29H38N2O5/c1-5-9-19-36-23-15-13-21(14-16-23)26-25(27(32)22-11-10-12-24(20-22)35-8-4)28(33)29(34)31(26)18-17-30(6-2)7-3/h10-16,20,26,32H,5-9,17-19H2,1-4H3/b27-25+. The van der Waals surface area contributed by atoms with Gasteiger partial charge >= 0.3 is 0 Å². The second-order valence-corrected chi connectivity index (χ2v) is 8.75. The molecule has 0 radical (unpaired) electrons. The van der Waals surface area contributed by atoms with Crippen LogP contribution in [0, 0.1) is 0 Å². The van der Waals surface area contributed by atoms with E-state index in [4.69, 9.17) is 9.47 Å². The Kier molecular flexibility index (Phi) is 9.94. The first kappa shape index (κ1) is 27.3. The Hall–Kier alpha value is -3.32. The lowest BCUT2D eigenvalue weighted by Gasteiger charge is -2.28. The summed E-state index contributed by atoms with van der Waals surface area (Å²) in [5.74, 6) is -0.160. The lowest BCUT2D eigenvalue weighted by atomic mass is 9.95. The molecule has 0 aromatic heterocycles. The predicted octanol–water partition coefficient (Wildman–Crippen LogP) is 5.03. The highest BCUT2D eigenvalue weighted by molar-refractivity contribution is 6.46. The van der Waals surface area contributed by atoms with Gasteiger partial charge in [0, 0.05) is 18.7 Å². The summed E-state index contributed by atoms with van der Waals surface area (Å²) >= 11 is 0. The Labute approximate surface area is 214 Å². The van der Waals surface area contributed by atoms with Crippen molar-refractivity contribution < 1.29 is 24.2 Å². The molecule has 0 spiro atoms. The quantitative estimate of drug-likeness (QED) is 0.182. The molecule has 3 rings (SSSR count). The van der Waals surface area contributed by atoms with Gasteiger partial charge in [0.15, 0.2) is 0 Å². The zero-order valence-electron chi connectivity index (χ0n) is 21.8. The zero-order valence-corrected chi connectivity index (χ0v) is 21.8. The van der Waals surface area contributed by atoms with Crippen LogP contribution in [0.15, 0.2) is 54.1 Å². The van der Waals surface area contributed by atoms with E-state index in [-0.39, 0.29) is 11.3 Å². The maximum Gasteiger partial charge on any atom is 0.295 e. The van der Waals surface area contributed by atoms with Gasteiger partial charge in [-0.2, -0.15) is 0 Å². The van der Waals surface area contributed by atoms with E-state index < -0.39 is 17.7 Å². The minimum Gasteiger partial charge on any atom is -0.507 e. The van der Waals surface area contributed by atoms with Crippen LogP contribution in [-0.4, -0.2) is 66.0 Å². The number of ketones is 1. The molecular weight excluding hydrogens is 456 g/mol. The second kappa shape index (κ2) is 13.1. The van der Waals surface area contributed by atoms with Gasteiger partial charge in [0.05, 0.1) is 24.8 Å². The number of aliphatic hydroxyl groups excluding tert-OH is 1. The van der Waals surface area contributed by atoms with Gasteiger partial charge in [-0.15, -0.1) is 0 Å². The van der Waals surface area contributed by atoms with Crippen molar-refractivity contribution in [2.75, 3.05) is 39.4 Å². The van der Waals surface area contributed by atoms with Crippen molar-refractivity contribution in [2.24, 2.45) is 0 Å². The number of carbonyl (C=O) groups excluding carboxylic acids is 2. The number of Topliss-reactive ketones (excluding diaryl/α,β-unsaturated/α-hetero) is 1. The van der Waals surface area contributed by atoms with Crippen LogP contribution in [0.1, 0.15) is 57.7 Å². The number of benzene rings is 2. The first-order valence-corrected chi connectivity index (χ1v) is 12.9. The van der Waals surface area contributed by atoms with Crippen LogP contribution in [0.25, 0.3) is 5.76 Å². The van der Waals surface area contributed by atoms with Crippen LogP contribution >= 0.6 is 0 Å². The van der Waals surface area contributed by atoms with E-state index in [1.54, 1.807) is 29.2 Å². The maximum absolute atomic E-state index is 13.3. The average Bonchev–Trinajstić information content (AvgIpc) is 3.15. The van der Waals surface area contributed by atoms with Gasteiger partial charge in [0.1, 0.15) is 17.3 Å². The van der Waals surface area contributed by atoms with E-state index in [9.17, 15) is 14.7 Å². The molecule has 1 fully saturated rings. The summed E-state index contributed by atoms with van der Waals surface area (Å²) in [6.07, 6.45) is 2.01. The van der Waals surface area contributed by atoms with Crippen molar-refractivity contribution >= 4 is 17.4 Å². The van der Waals surface area contributed by atoms with Crippen molar-refractivity contribution in [3.8, 4) is 11.5 Å². The number of hydrogen-bond acceptors (Lipinski definition) is 6. The van der Waals surface area contributed by atoms with Gasteiger partial charge in [-0.3, -0.25) is 9.59 Å². The molecule has 2 aromatic carbocycles. The molecule has 0 aliphatic carbocycles. The minimum atomic E-state index is -0.694. The summed E-state index contributed by atoms with van der Waals surface area (Å²) in [5, 5.41) is 11.3. The van der Waals surface area contributed by atoms with Crippen LogP contribution in [0.5, 0.6) is 11.5 Å². The highest BCUT2D eigenvalue weighted by Gasteiger charge is 2.46.